The normalized spacial score (nSPS) is 22.5. The van der Waals surface area contributed by atoms with Gasteiger partial charge in [-0.25, -0.2) is 4.79 Å². The maximum atomic E-state index is 14.7. The lowest BCUT2D eigenvalue weighted by molar-refractivity contribution is -0.385. The maximum absolute atomic E-state index is 14.7. The Morgan fingerprint density at radius 3 is 2.46 bits per heavy atom. The molecule has 3 atom stereocenters. The van der Waals surface area contributed by atoms with Crippen LogP contribution in [0.5, 0.6) is 0 Å². The predicted octanol–water partition coefficient (Wildman–Crippen LogP) is 4.67. The zero-order chi connectivity index (χ0) is 25.4. The number of halogens is 3. The summed E-state index contributed by atoms with van der Waals surface area (Å²) in [6, 6.07) is 12.1. The molecule has 1 aromatic heterocycles. The zero-order valence-electron chi connectivity index (χ0n) is 17.8. The van der Waals surface area contributed by atoms with Gasteiger partial charge in [0, 0.05) is 12.1 Å². The van der Waals surface area contributed by atoms with Gasteiger partial charge in [0.25, 0.3) is 11.4 Å². The van der Waals surface area contributed by atoms with Gasteiger partial charge in [-0.2, -0.15) is 13.2 Å². The number of benzene rings is 2. The smallest absolute Gasteiger partial charge is 0.363 e. The summed E-state index contributed by atoms with van der Waals surface area (Å²) in [5, 5.41) is 26.5. The van der Waals surface area contributed by atoms with Crippen molar-refractivity contribution in [1.82, 2.24) is 10.2 Å². The molecular weight excluding hydrogens is 487 g/mol. The molecule has 2 N–H and O–H groups in total. The third kappa shape index (κ3) is 4.37. The summed E-state index contributed by atoms with van der Waals surface area (Å²) in [6.45, 7) is -0.640. The second-order valence-corrected chi connectivity index (χ2v) is 8.84. The number of amides is 2. The third-order valence-corrected chi connectivity index (χ3v) is 6.67. The van der Waals surface area contributed by atoms with Crippen LogP contribution in [0.2, 0.25) is 0 Å². The van der Waals surface area contributed by atoms with E-state index in [0.29, 0.717) is 5.56 Å². The van der Waals surface area contributed by atoms with Crippen molar-refractivity contribution in [3.05, 3.63) is 98.2 Å². The number of aliphatic hydroxyl groups is 1. The van der Waals surface area contributed by atoms with Crippen LogP contribution in [0.25, 0.3) is 0 Å². The molecule has 1 aliphatic rings. The summed E-state index contributed by atoms with van der Waals surface area (Å²) in [7, 11) is 0. The molecule has 1 fully saturated rings. The van der Waals surface area contributed by atoms with Crippen molar-refractivity contribution < 1.29 is 32.8 Å². The van der Waals surface area contributed by atoms with Gasteiger partial charge in [0.15, 0.2) is 5.78 Å². The number of urea groups is 1. The van der Waals surface area contributed by atoms with Crippen LogP contribution in [0.1, 0.15) is 26.8 Å². The summed E-state index contributed by atoms with van der Waals surface area (Å²) in [4.78, 5) is 37.1. The van der Waals surface area contributed by atoms with Crippen molar-refractivity contribution in [2.45, 2.75) is 24.5 Å². The molecule has 35 heavy (non-hydrogen) atoms. The maximum Gasteiger partial charge on any atom is 0.437 e. The van der Waals surface area contributed by atoms with Gasteiger partial charge in [-0.15, -0.1) is 11.3 Å². The minimum absolute atomic E-state index is 0.0658. The van der Waals surface area contributed by atoms with E-state index in [9.17, 15) is 38.0 Å². The van der Waals surface area contributed by atoms with Crippen LogP contribution in [0, 0.1) is 16.0 Å². The first-order valence-corrected chi connectivity index (χ1v) is 11.1. The van der Waals surface area contributed by atoms with E-state index in [1.165, 1.54) is 41.8 Å². The molecule has 0 radical (unpaired) electrons. The number of alkyl halides is 3. The molecule has 3 unspecified atom stereocenters. The quantitative estimate of drug-likeness (QED) is 0.287. The van der Waals surface area contributed by atoms with Crippen LogP contribution in [0.3, 0.4) is 0 Å². The first-order valence-electron chi connectivity index (χ1n) is 10.3. The van der Waals surface area contributed by atoms with E-state index in [1.54, 1.807) is 18.2 Å². The summed E-state index contributed by atoms with van der Waals surface area (Å²) in [5.41, 5.74) is -4.19. The molecule has 4 rings (SSSR count). The van der Waals surface area contributed by atoms with Gasteiger partial charge in [0.05, 0.1) is 22.4 Å². The number of nitrogens with one attached hydrogen (secondary N) is 1. The highest BCUT2D eigenvalue weighted by Crippen LogP contribution is 2.49. The molecule has 182 valence electrons. The molecule has 0 bridgehead atoms. The number of Topliss-reactive ketones (excluding diaryl/α,β-unsaturated/α-hetero) is 1. The third-order valence-electron chi connectivity index (χ3n) is 5.79. The Labute approximate surface area is 200 Å². The van der Waals surface area contributed by atoms with Crippen molar-refractivity contribution in [2.24, 2.45) is 5.92 Å². The average molecular weight is 505 g/mol. The molecule has 2 amide bonds. The molecule has 0 saturated carbocycles. The van der Waals surface area contributed by atoms with Crippen LogP contribution < -0.4 is 5.32 Å². The summed E-state index contributed by atoms with van der Waals surface area (Å²) < 4.78 is 44.0. The van der Waals surface area contributed by atoms with Gasteiger partial charge in [-0.05, 0) is 22.6 Å². The van der Waals surface area contributed by atoms with Crippen molar-refractivity contribution in [3.8, 4) is 0 Å². The van der Waals surface area contributed by atoms with Crippen molar-refractivity contribution in [1.29, 1.82) is 0 Å². The van der Waals surface area contributed by atoms with E-state index in [2.05, 4.69) is 5.32 Å². The topological polar surface area (TPSA) is 113 Å². The summed E-state index contributed by atoms with van der Waals surface area (Å²) >= 11 is 0.880. The number of ketones is 1. The molecule has 1 saturated heterocycles. The van der Waals surface area contributed by atoms with Gasteiger partial charge in [-0.1, -0.05) is 48.5 Å². The van der Waals surface area contributed by atoms with E-state index in [4.69, 9.17) is 0 Å². The van der Waals surface area contributed by atoms with Gasteiger partial charge in [-0.3, -0.25) is 19.8 Å². The van der Waals surface area contributed by atoms with Crippen molar-refractivity contribution in [3.63, 3.8) is 0 Å². The Hall–Kier alpha value is -3.77. The Balaban J connectivity index is 1.90. The Morgan fingerprint density at radius 2 is 1.86 bits per heavy atom. The molecule has 0 aliphatic carbocycles. The predicted molar refractivity (Wildman–Crippen MR) is 119 cm³/mol. The highest BCUT2D eigenvalue weighted by Gasteiger charge is 2.70. The molecule has 12 heteroatoms. The van der Waals surface area contributed by atoms with E-state index < -0.39 is 52.8 Å². The van der Waals surface area contributed by atoms with Crippen LogP contribution in [0.15, 0.2) is 72.1 Å². The second kappa shape index (κ2) is 9.12. The van der Waals surface area contributed by atoms with Gasteiger partial charge >= 0.3 is 12.2 Å². The summed E-state index contributed by atoms with van der Waals surface area (Å²) in [5.74, 6) is -3.32. The van der Waals surface area contributed by atoms with Crippen LogP contribution in [0.4, 0.5) is 23.7 Å². The van der Waals surface area contributed by atoms with E-state index >= 15 is 0 Å². The van der Waals surface area contributed by atoms with Crippen LogP contribution >= 0.6 is 11.3 Å². The fourth-order valence-electron chi connectivity index (χ4n) is 4.15. The van der Waals surface area contributed by atoms with Crippen molar-refractivity contribution in [2.75, 3.05) is 0 Å². The van der Waals surface area contributed by atoms with Crippen molar-refractivity contribution >= 4 is 28.8 Å². The largest absolute Gasteiger partial charge is 0.437 e. The number of non-ortho nitro benzene ring substituents is 1. The average Bonchev–Trinajstić information content (AvgIpc) is 3.36. The van der Waals surface area contributed by atoms with Crippen LogP contribution in [-0.4, -0.2) is 38.6 Å². The molecule has 2 aromatic carbocycles. The molecule has 2 heterocycles. The monoisotopic (exact) mass is 505 g/mol. The molecule has 3 aromatic rings. The number of nitro benzene ring substituents is 1. The Kier molecular flexibility index (Phi) is 6.34. The van der Waals surface area contributed by atoms with E-state index in [1.807, 2.05) is 0 Å². The van der Waals surface area contributed by atoms with E-state index in [-0.39, 0.29) is 15.3 Å². The lowest BCUT2D eigenvalue weighted by Crippen LogP contribution is -2.73. The van der Waals surface area contributed by atoms with Gasteiger partial charge in [0.2, 0.25) is 0 Å². The van der Waals surface area contributed by atoms with E-state index in [0.717, 1.165) is 23.5 Å². The lowest BCUT2D eigenvalue weighted by atomic mass is 9.77. The first kappa shape index (κ1) is 24.4. The molecule has 1 aliphatic heterocycles. The number of nitro groups is 1. The highest BCUT2D eigenvalue weighted by molar-refractivity contribution is 7.12. The minimum Gasteiger partial charge on any atom is -0.363 e. The lowest BCUT2D eigenvalue weighted by Gasteiger charge is -2.51. The summed E-state index contributed by atoms with van der Waals surface area (Å²) in [6.07, 6.45) is -5.45. The fourth-order valence-corrected chi connectivity index (χ4v) is 4.85. The number of thiophene rings is 1. The Morgan fingerprint density at radius 1 is 1.14 bits per heavy atom. The number of rotatable bonds is 6. The minimum atomic E-state index is -5.45. The highest BCUT2D eigenvalue weighted by atomic mass is 32.1. The molecule has 0 spiro atoms. The standard InChI is InChI=1S/C23H18F3N3O5S/c24-23(25,26)22(32)18(20(30)17-10-5-11-35-17)19(15-8-4-9-16(12-15)29(33)34)27-21(31)28(22)13-14-6-2-1-3-7-14/h1-12,18-19,32H,13H2,(H,27,31). The fraction of sp³-hybridized carbons (Fsp3) is 0.217. The zero-order valence-corrected chi connectivity index (χ0v) is 18.6. The second-order valence-electron chi connectivity index (χ2n) is 7.89. The van der Waals surface area contributed by atoms with Gasteiger partial charge in [0.1, 0.15) is 5.92 Å². The number of hydrogen-bond donors (Lipinski definition) is 2. The Bertz CT molecular complexity index is 1250. The SMILES string of the molecule is O=C(c1cccs1)C1C(c2cccc([N+](=O)[O-])c2)NC(=O)N(Cc2ccccc2)C1(O)C(F)(F)F. The number of carbonyl (C=O) groups excluding carboxylic acids is 2. The molecule has 8 nitrogen and oxygen atoms in total. The first-order chi connectivity index (χ1) is 16.5. The molecular formula is C23H18F3N3O5S. The van der Waals surface area contributed by atoms with Crippen LogP contribution in [-0.2, 0) is 6.54 Å². The van der Waals surface area contributed by atoms with Gasteiger partial charge < -0.3 is 10.4 Å². The number of nitrogens with zero attached hydrogens (tertiary/aromatic N) is 2. The number of hydrogen-bond acceptors (Lipinski definition) is 6. The number of carbonyl (C=O) groups is 2.